The summed E-state index contributed by atoms with van der Waals surface area (Å²) in [4.78, 5) is 14.2. The van der Waals surface area contributed by atoms with Crippen LogP contribution in [-0.2, 0) is 19.3 Å². The second-order valence-corrected chi connectivity index (χ2v) is 6.99. The quantitative estimate of drug-likeness (QED) is 0.702. The number of aromatic nitrogens is 3. The minimum atomic E-state index is 0.861. The van der Waals surface area contributed by atoms with Gasteiger partial charge in [-0.1, -0.05) is 12.1 Å². The molecule has 0 atom stereocenters. The van der Waals surface area contributed by atoms with Crippen LogP contribution in [0.5, 0.6) is 0 Å². The smallest absolute Gasteiger partial charge is 0.201 e. The first-order valence-corrected chi connectivity index (χ1v) is 8.86. The molecule has 0 unspecified atom stereocenters. The first kappa shape index (κ1) is 13.8. The fourth-order valence-electron chi connectivity index (χ4n) is 3.00. The number of hydrogen-bond donors (Lipinski definition) is 2. The molecule has 0 radical (unpaired) electrons. The van der Waals surface area contributed by atoms with E-state index < -0.39 is 0 Å². The zero-order valence-corrected chi connectivity index (χ0v) is 13.4. The van der Waals surface area contributed by atoms with Gasteiger partial charge < -0.3 is 10.3 Å². The monoisotopic (exact) mass is 312 g/mol. The molecule has 2 aromatic heterocycles. The number of imidazole rings is 1. The van der Waals surface area contributed by atoms with Gasteiger partial charge in [-0.3, -0.25) is 0 Å². The molecule has 114 valence electrons. The molecule has 1 aromatic carbocycles. The van der Waals surface area contributed by atoms with Gasteiger partial charge in [0, 0.05) is 17.8 Å². The predicted molar refractivity (Wildman–Crippen MR) is 91.7 cm³/mol. The Kier molecular flexibility index (Phi) is 3.81. The molecule has 22 heavy (non-hydrogen) atoms. The summed E-state index contributed by atoms with van der Waals surface area (Å²) in [5, 5.41) is 4.68. The minimum absolute atomic E-state index is 0.861. The molecule has 0 saturated heterocycles. The van der Waals surface area contributed by atoms with Crippen LogP contribution in [0.1, 0.15) is 34.8 Å². The van der Waals surface area contributed by atoms with Gasteiger partial charge >= 0.3 is 0 Å². The van der Waals surface area contributed by atoms with Crippen LogP contribution in [0.15, 0.2) is 24.3 Å². The number of nitrogens with one attached hydrogen (secondary N) is 2. The van der Waals surface area contributed by atoms with E-state index in [1.165, 1.54) is 41.3 Å². The van der Waals surface area contributed by atoms with Crippen molar-refractivity contribution in [3.8, 4) is 0 Å². The third kappa shape index (κ3) is 2.86. The molecule has 3 aromatic rings. The van der Waals surface area contributed by atoms with E-state index in [-0.39, 0.29) is 0 Å². The van der Waals surface area contributed by atoms with Crippen molar-refractivity contribution in [3.63, 3.8) is 0 Å². The molecule has 1 aliphatic carbocycles. The minimum Gasteiger partial charge on any atom is -0.356 e. The SMILES string of the molecule is c1ccc2[nH]c(NCCCc3nc4c(s3)CCCC4)nc2c1. The molecule has 0 amide bonds. The van der Waals surface area contributed by atoms with Gasteiger partial charge in [-0.2, -0.15) is 0 Å². The molecule has 4 nitrogen and oxygen atoms in total. The third-order valence-corrected chi connectivity index (χ3v) is 5.36. The third-order valence-electron chi connectivity index (χ3n) is 4.14. The number of para-hydroxylation sites is 2. The number of aryl methyl sites for hydroxylation is 3. The van der Waals surface area contributed by atoms with E-state index in [9.17, 15) is 0 Å². The number of thiazole rings is 1. The number of hydrogen-bond acceptors (Lipinski definition) is 4. The lowest BCUT2D eigenvalue weighted by Gasteiger charge is -2.06. The van der Waals surface area contributed by atoms with E-state index in [0.717, 1.165) is 36.4 Å². The van der Waals surface area contributed by atoms with Gasteiger partial charge in [0.25, 0.3) is 0 Å². The summed E-state index contributed by atoms with van der Waals surface area (Å²) in [6.07, 6.45) is 7.22. The van der Waals surface area contributed by atoms with Crippen LogP contribution in [0.4, 0.5) is 5.95 Å². The average Bonchev–Trinajstić information content (AvgIpc) is 3.14. The summed E-state index contributed by atoms with van der Waals surface area (Å²) < 4.78 is 0. The summed E-state index contributed by atoms with van der Waals surface area (Å²) in [5.74, 6) is 0.861. The van der Waals surface area contributed by atoms with E-state index in [0.29, 0.717) is 0 Å². The van der Waals surface area contributed by atoms with Crippen LogP contribution in [0.25, 0.3) is 11.0 Å². The lowest BCUT2D eigenvalue weighted by atomic mass is 10.0. The van der Waals surface area contributed by atoms with Gasteiger partial charge in [0.2, 0.25) is 5.95 Å². The predicted octanol–water partition coefficient (Wildman–Crippen LogP) is 3.94. The lowest BCUT2D eigenvalue weighted by Crippen LogP contribution is -2.04. The van der Waals surface area contributed by atoms with Crippen molar-refractivity contribution < 1.29 is 0 Å². The van der Waals surface area contributed by atoms with Gasteiger partial charge in [-0.25, -0.2) is 9.97 Å². The van der Waals surface area contributed by atoms with Crippen LogP contribution in [-0.4, -0.2) is 21.5 Å². The molecule has 0 spiro atoms. The highest BCUT2D eigenvalue weighted by Crippen LogP contribution is 2.27. The van der Waals surface area contributed by atoms with E-state index in [1.54, 1.807) is 0 Å². The zero-order valence-electron chi connectivity index (χ0n) is 12.6. The molecule has 2 N–H and O–H groups in total. The number of rotatable bonds is 5. The van der Waals surface area contributed by atoms with Gasteiger partial charge in [0.15, 0.2) is 0 Å². The van der Waals surface area contributed by atoms with E-state index in [2.05, 4.69) is 15.3 Å². The summed E-state index contributed by atoms with van der Waals surface area (Å²) in [6.45, 7) is 0.921. The van der Waals surface area contributed by atoms with Crippen molar-refractivity contribution in [1.82, 2.24) is 15.0 Å². The van der Waals surface area contributed by atoms with Crippen LogP contribution >= 0.6 is 11.3 Å². The van der Waals surface area contributed by atoms with E-state index in [4.69, 9.17) is 4.98 Å². The number of anilines is 1. The van der Waals surface area contributed by atoms with Gasteiger partial charge in [0.05, 0.1) is 21.7 Å². The normalized spacial score (nSPS) is 14.2. The maximum Gasteiger partial charge on any atom is 0.201 e. The molecule has 0 aliphatic heterocycles. The van der Waals surface area contributed by atoms with Crippen molar-refractivity contribution in [2.45, 2.75) is 38.5 Å². The second kappa shape index (κ2) is 6.08. The summed E-state index contributed by atoms with van der Waals surface area (Å²) in [7, 11) is 0. The van der Waals surface area contributed by atoms with Gasteiger partial charge in [-0.05, 0) is 44.2 Å². The Hall–Kier alpha value is -1.88. The average molecular weight is 312 g/mol. The van der Waals surface area contributed by atoms with Crippen LogP contribution in [0.2, 0.25) is 0 Å². The molecule has 5 heteroatoms. The molecule has 1 aliphatic rings. The van der Waals surface area contributed by atoms with Crippen molar-refractivity contribution >= 4 is 28.3 Å². The second-order valence-electron chi connectivity index (χ2n) is 5.82. The molecular weight excluding hydrogens is 292 g/mol. The van der Waals surface area contributed by atoms with E-state index >= 15 is 0 Å². The van der Waals surface area contributed by atoms with E-state index in [1.807, 2.05) is 35.6 Å². The molecule has 0 fully saturated rings. The topological polar surface area (TPSA) is 53.6 Å². The Morgan fingerprint density at radius 1 is 1.14 bits per heavy atom. The largest absolute Gasteiger partial charge is 0.356 e. The number of nitrogens with zero attached hydrogens (tertiary/aromatic N) is 2. The molecule has 2 heterocycles. The first-order valence-electron chi connectivity index (χ1n) is 8.04. The number of H-pyrrole nitrogens is 1. The fourth-order valence-corrected chi connectivity index (χ4v) is 4.19. The molecule has 4 rings (SSSR count). The zero-order chi connectivity index (χ0) is 14.8. The van der Waals surface area contributed by atoms with Crippen molar-refractivity contribution in [1.29, 1.82) is 0 Å². The molecule has 0 saturated carbocycles. The maximum atomic E-state index is 4.80. The van der Waals surface area contributed by atoms with Crippen molar-refractivity contribution in [2.75, 3.05) is 11.9 Å². The fraction of sp³-hybridized carbons (Fsp3) is 0.412. The van der Waals surface area contributed by atoms with Gasteiger partial charge in [0.1, 0.15) is 0 Å². The van der Waals surface area contributed by atoms with Gasteiger partial charge in [-0.15, -0.1) is 11.3 Å². The molecule has 0 bridgehead atoms. The van der Waals surface area contributed by atoms with Crippen LogP contribution in [0, 0.1) is 0 Å². The van der Waals surface area contributed by atoms with Crippen molar-refractivity contribution in [2.24, 2.45) is 0 Å². The number of aromatic amines is 1. The summed E-state index contributed by atoms with van der Waals surface area (Å²) in [6, 6.07) is 8.11. The Labute approximate surface area is 134 Å². The summed E-state index contributed by atoms with van der Waals surface area (Å²) in [5.41, 5.74) is 3.46. The highest BCUT2D eigenvalue weighted by atomic mass is 32.1. The first-order chi connectivity index (χ1) is 10.9. The lowest BCUT2D eigenvalue weighted by molar-refractivity contribution is 0.679. The summed E-state index contributed by atoms with van der Waals surface area (Å²) >= 11 is 1.92. The Morgan fingerprint density at radius 2 is 2.05 bits per heavy atom. The van der Waals surface area contributed by atoms with Crippen molar-refractivity contribution in [3.05, 3.63) is 39.8 Å². The highest BCUT2D eigenvalue weighted by Gasteiger charge is 2.14. The Bertz CT molecular complexity index is 717. The Balaban J connectivity index is 1.30. The van der Waals surface area contributed by atoms with Crippen LogP contribution < -0.4 is 5.32 Å². The maximum absolute atomic E-state index is 4.80. The van der Waals surface area contributed by atoms with Crippen LogP contribution in [0.3, 0.4) is 0 Å². The standard InChI is InChI=1S/C17H20N4S/c1-2-7-13-12(6-1)20-17(21-13)18-11-5-10-16-19-14-8-3-4-9-15(14)22-16/h1-2,6-7H,3-5,8-11H2,(H2,18,20,21). The highest BCUT2D eigenvalue weighted by molar-refractivity contribution is 7.11. The number of benzene rings is 1. The Morgan fingerprint density at radius 3 is 2.95 bits per heavy atom. The molecular formula is C17H20N4S. The number of fused-ring (bicyclic) bond motifs is 2.